The van der Waals surface area contributed by atoms with Gasteiger partial charge >= 0.3 is 0 Å². The molecule has 1 N–H and O–H groups in total. The molecule has 0 saturated heterocycles. The van der Waals surface area contributed by atoms with Crippen LogP contribution < -0.4 is 14.4 Å². The van der Waals surface area contributed by atoms with Crippen molar-refractivity contribution >= 4 is 49.8 Å². The highest BCUT2D eigenvalue weighted by atomic mass is 32.2. The summed E-state index contributed by atoms with van der Waals surface area (Å²) in [5, 5.41) is 10.7. The molecule has 8 nitrogen and oxygen atoms in total. The maximum atomic E-state index is 12.5. The van der Waals surface area contributed by atoms with E-state index < -0.39 is 22.0 Å². The van der Waals surface area contributed by atoms with E-state index in [9.17, 15) is 13.2 Å². The van der Waals surface area contributed by atoms with Crippen molar-refractivity contribution in [2.75, 3.05) is 29.2 Å². The predicted octanol–water partition coefficient (Wildman–Crippen LogP) is 2.06. The number of anilines is 2. The summed E-state index contributed by atoms with van der Waals surface area (Å²) >= 11 is 2.63. The molecule has 0 unspecified atom stereocenters. The molecule has 136 valence electrons. The number of nitrogens with one attached hydrogen (secondary N) is 1. The number of benzene rings is 1. The highest BCUT2D eigenvalue weighted by Gasteiger charge is 2.30. The van der Waals surface area contributed by atoms with Crippen LogP contribution in [-0.4, -0.2) is 50.2 Å². The smallest absolute Gasteiger partial charge is 0.249 e. The van der Waals surface area contributed by atoms with Crippen LogP contribution in [0.5, 0.6) is 5.75 Å². The Bertz CT molecular complexity index is 853. The van der Waals surface area contributed by atoms with Crippen LogP contribution in [0.2, 0.25) is 0 Å². The molecule has 1 amide bonds. The Morgan fingerprint density at radius 2 is 2.12 bits per heavy atom. The average molecular weight is 403 g/mol. The van der Waals surface area contributed by atoms with Crippen molar-refractivity contribution in [3.63, 3.8) is 0 Å². The van der Waals surface area contributed by atoms with E-state index in [1.165, 1.54) is 37.1 Å². The molecule has 0 radical (unpaired) electrons. The minimum Gasteiger partial charge on any atom is -0.497 e. The Kier molecular flexibility index (Phi) is 6.25. The first-order chi connectivity index (χ1) is 11.8. The van der Waals surface area contributed by atoms with Gasteiger partial charge in [0.2, 0.25) is 21.1 Å². The summed E-state index contributed by atoms with van der Waals surface area (Å²) in [5.74, 6) is -0.00968. The first-order valence-electron chi connectivity index (χ1n) is 7.08. The summed E-state index contributed by atoms with van der Waals surface area (Å²) in [6, 6.07) is 5.53. The zero-order valence-corrected chi connectivity index (χ0v) is 16.5. The van der Waals surface area contributed by atoms with Gasteiger partial charge in [-0.25, -0.2) is 8.42 Å². The zero-order chi connectivity index (χ0) is 18.6. The number of carbonyl (C=O) groups excluding carboxylic acids is 1. The minimum atomic E-state index is -3.70. The first kappa shape index (κ1) is 19.5. The molecule has 2 aromatic rings. The fourth-order valence-corrected chi connectivity index (χ4v) is 4.45. The zero-order valence-electron chi connectivity index (χ0n) is 14.1. The molecular formula is C14H18N4O4S3. The molecular weight excluding hydrogens is 384 g/mol. The summed E-state index contributed by atoms with van der Waals surface area (Å²) in [4.78, 5) is 12.5. The highest BCUT2D eigenvalue weighted by molar-refractivity contribution is 8.00. The maximum Gasteiger partial charge on any atom is 0.249 e. The number of ether oxygens (including phenoxy) is 1. The number of carbonyl (C=O) groups is 1. The van der Waals surface area contributed by atoms with Gasteiger partial charge in [0, 0.05) is 6.07 Å². The van der Waals surface area contributed by atoms with E-state index >= 15 is 0 Å². The fourth-order valence-electron chi connectivity index (χ4n) is 2.11. The van der Waals surface area contributed by atoms with Gasteiger partial charge in [-0.15, -0.1) is 10.2 Å². The van der Waals surface area contributed by atoms with Crippen molar-refractivity contribution in [1.82, 2.24) is 10.2 Å². The number of hydrogen-bond acceptors (Lipinski definition) is 8. The second kappa shape index (κ2) is 8.02. The number of methoxy groups -OCH3 is 1. The highest BCUT2D eigenvalue weighted by Crippen LogP contribution is 2.27. The number of rotatable bonds is 7. The van der Waals surface area contributed by atoms with Gasteiger partial charge in [0.1, 0.15) is 11.8 Å². The SMILES string of the molecule is COc1cccc(N([C@H](C)C(=O)Nc2nnc(SC)s2)S(C)(=O)=O)c1. The number of aromatic nitrogens is 2. The third-order valence-electron chi connectivity index (χ3n) is 3.21. The van der Waals surface area contributed by atoms with Crippen LogP contribution in [0.25, 0.3) is 0 Å². The van der Waals surface area contributed by atoms with Crippen molar-refractivity contribution in [3.8, 4) is 5.75 Å². The third kappa shape index (κ3) is 4.83. The normalized spacial score (nSPS) is 12.5. The lowest BCUT2D eigenvalue weighted by molar-refractivity contribution is -0.116. The van der Waals surface area contributed by atoms with Crippen LogP contribution in [0.4, 0.5) is 10.8 Å². The maximum absolute atomic E-state index is 12.5. The first-order valence-corrected chi connectivity index (χ1v) is 11.0. The molecule has 1 heterocycles. The van der Waals surface area contributed by atoms with Gasteiger partial charge in [-0.2, -0.15) is 0 Å². The van der Waals surface area contributed by atoms with Crippen molar-refractivity contribution in [1.29, 1.82) is 0 Å². The Morgan fingerprint density at radius 3 is 2.68 bits per heavy atom. The van der Waals surface area contributed by atoms with Crippen LogP contribution in [0, 0.1) is 0 Å². The fraction of sp³-hybridized carbons (Fsp3) is 0.357. The van der Waals surface area contributed by atoms with Crippen molar-refractivity contribution in [2.45, 2.75) is 17.3 Å². The monoisotopic (exact) mass is 402 g/mol. The van der Waals surface area contributed by atoms with Gasteiger partial charge in [0.25, 0.3) is 0 Å². The summed E-state index contributed by atoms with van der Waals surface area (Å²) in [6.45, 7) is 1.51. The average Bonchev–Trinajstić information content (AvgIpc) is 3.01. The van der Waals surface area contributed by atoms with E-state index in [1.54, 1.807) is 24.3 Å². The lowest BCUT2D eigenvalue weighted by Crippen LogP contribution is -2.45. The van der Waals surface area contributed by atoms with Gasteiger partial charge in [0.05, 0.1) is 19.1 Å². The van der Waals surface area contributed by atoms with E-state index in [2.05, 4.69) is 15.5 Å². The van der Waals surface area contributed by atoms with E-state index in [1.807, 2.05) is 6.26 Å². The van der Waals surface area contributed by atoms with Crippen molar-refractivity contribution in [2.24, 2.45) is 0 Å². The van der Waals surface area contributed by atoms with Crippen molar-refractivity contribution < 1.29 is 17.9 Å². The van der Waals surface area contributed by atoms with E-state index in [0.29, 0.717) is 20.9 Å². The molecule has 1 aromatic carbocycles. The van der Waals surface area contributed by atoms with Crippen LogP contribution in [0.3, 0.4) is 0 Å². The topological polar surface area (TPSA) is 101 Å². The molecule has 0 saturated carbocycles. The Labute approximate surface area is 154 Å². The summed E-state index contributed by atoms with van der Waals surface area (Å²) in [6.07, 6.45) is 2.90. The molecule has 11 heteroatoms. The molecule has 25 heavy (non-hydrogen) atoms. The van der Waals surface area contributed by atoms with Crippen LogP contribution in [0.15, 0.2) is 28.6 Å². The van der Waals surface area contributed by atoms with Gasteiger partial charge in [0.15, 0.2) is 4.34 Å². The number of nitrogens with zero attached hydrogens (tertiary/aromatic N) is 3. The van der Waals surface area contributed by atoms with Crippen LogP contribution >= 0.6 is 23.1 Å². The molecule has 0 bridgehead atoms. The van der Waals surface area contributed by atoms with Gasteiger partial charge < -0.3 is 4.74 Å². The van der Waals surface area contributed by atoms with E-state index in [-0.39, 0.29) is 0 Å². The van der Waals surface area contributed by atoms with Gasteiger partial charge in [-0.05, 0) is 25.3 Å². The summed E-state index contributed by atoms with van der Waals surface area (Å²) < 4.78 is 31.4. The summed E-state index contributed by atoms with van der Waals surface area (Å²) in [7, 11) is -2.21. The number of thioether (sulfide) groups is 1. The molecule has 0 aliphatic rings. The van der Waals surface area contributed by atoms with Gasteiger partial charge in [-0.3, -0.25) is 14.4 Å². The molecule has 0 spiro atoms. The standard InChI is InChI=1S/C14H18N4O4S3/c1-9(12(19)15-13-16-17-14(23-3)24-13)18(25(4,20)21)10-6-5-7-11(8-10)22-2/h5-9H,1-4H3,(H,15,16,19)/t9-/m1/s1. The molecule has 1 aromatic heterocycles. The largest absolute Gasteiger partial charge is 0.497 e. The molecule has 0 fully saturated rings. The Morgan fingerprint density at radius 1 is 1.40 bits per heavy atom. The lowest BCUT2D eigenvalue weighted by atomic mass is 10.2. The Balaban J connectivity index is 2.29. The second-order valence-corrected chi connectivity index (χ2v) is 8.89. The third-order valence-corrected chi connectivity index (χ3v) is 6.26. The number of sulfonamides is 1. The number of hydrogen-bond donors (Lipinski definition) is 1. The van der Waals surface area contributed by atoms with Crippen molar-refractivity contribution in [3.05, 3.63) is 24.3 Å². The number of amides is 1. The molecule has 0 aliphatic heterocycles. The lowest BCUT2D eigenvalue weighted by Gasteiger charge is -2.28. The quantitative estimate of drug-likeness (QED) is 0.559. The summed E-state index contributed by atoms with van der Waals surface area (Å²) in [5.41, 5.74) is 0.339. The van der Waals surface area contributed by atoms with E-state index in [4.69, 9.17) is 4.74 Å². The van der Waals surface area contributed by atoms with Gasteiger partial charge in [-0.1, -0.05) is 29.2 Å². The molecule has 2 rings (SSSR count). The predicted molar refractivity (Wildman–Crippen MR) is 100 cm³/mol. The Hall–Kier alpha value is -1.85. The molecule has 0 aliphatic carbocycles. The minimum absolute atomic E-state index is 0.320. The molecule has 1 atom stereocenters. The van der Waals surface area contributed by atoms with Crippen LogP contribution in [0.1, 0.15) is 6.92 Å². The van der Waals surface area contributed by atoms with Crippen LogP contribution in [-0.2, 0) is 14.8 Å². The second-order valence-electron chi connectivity index (χ2n) is 5.00. The van der Waals surface area contributed by atoms with E-state index in [0.717, 1.165) is 10.6 Å².